The summed E-state index contributed by atoms with van der Waals surface area (Å²) in [4.78, 5) is 25.9. The van der Waals surface area contributed by atoms with E-state index in [9.17, 15) is 9.59 Å². The molecule has 0 aliphatic carbocycles. The lowest BCUT2D eigenvalue weighted by molar-refractivity contribution is -0.115. The van der Waals surface area contributed by atoms with Gasteiger partial charge in [0, 0.05) is 5.56 Å². The minimum atomic E-state index is -0.174. The maximum Gasteiger partial charge on any atom is 0.258 e. The van der Waals surface area contributed by atoms with Crippen molar-refractivity contribution >= 4 is 23.2 Å². The number of rotatable bonds is 2. The number of amides is 2. The predicted molar refractivity (Wildman–Crippen MR) is 82.6 cm³/mol. The first-order chi connectivity index (χ1) is 10.2. The summed E-state index contributed by atoms with van der Waals surface area (Å²) in [7, 11) is 0. The molecule has 1 aliphatic rings. The molecule has 2 aromatic carbocycles. The summed E-state index contributed by atoms with van der Waals surface area (Å²) in [6, 6.07) is 14.9. The number of hydrogen-bond acceptors (Lipinski definition) is 2. The normalized spacial score (nSPS) is 13.6. The molecule has 2 aromatic rings. The van der Waals surface area contributed by atoms with E-state index >= 15 is 0 Å². The molecule has 0 atom stereocenters. The van der Waals surface area contributed by atoms with Gasteiger partial charge in [-0.2, -0.15) is 0 Å². The molecule has 1 aliphatic heterocycles. The summed E-state index contributed by atoms with van der Waals surface area (Å²) in [5.41, 5.74) is 3.19. The molecule has 0 bridgehead atoms. The van der Waals surface area contributed by atoms with Crippen LogP contribution in [0, 0.1) is 0 Å². The molecule has 4 nitrogen and oxygen atoms in total. The number of para-hydroxylation sites is 2. The highest BCUT2D eigenvalue weighted by Gasteiger charge is 2.27. The monoisotopic (exact) mass is 280 g/mol. The van der Waals surface area contributed by atoms with Crippen molar-refractivity contribution in [3.05, 3.63) is 59.7 Å². The van der Waals surface area contributed by atoms with Gasteiger partial charge in [-0.25, -0.2) is 0 Å². The van der Waals surface area contributed by atoms with Gasteiger partial charge < -0.3 is 5.32 Å². The zero-order valence-electron chi connectivity index (χ0n) is 11.8. The van der Waals surface area contributed by atoms with Gasteiger partial charge in [-0.1, -0.05) is 31.2 Å². The van der Waals surface area contributed by atoms with Crippen molar-refractivity contribution in [2.45, 2.75) is 13.3 Å². The van der Waals surface area contributed by atoms with Crippen molar-refractivity contribution in [2.24, 2.45) is 0 Å². The molecular weight excluding hydrogens is 264 g/mol. The van der Waals surface area contributed by atoms with Crippen molar-refractivity contribution < 1.29 is 9.59 Å². The Balaban J connectivity index is 1.95. The number of aryl methyl sites for hydroxylation is 1. The summed E-state index contributed by atoms with van der Waals surface area (Å²) in [6.45, 7) is 2.12. The summed E-state index contributed by atoms with van der Waals surface area (Å²) in [5, 5.41) is 2.78. The third kappa shape index (κ3) is 2.52. The lowest BCUT2D eigenvalue weighted by Gasteiger charge is -2.29. The van der Waals surface area contributed by atoms with Gasteiger partial charge in [-0.3, -0.25) is 14.5 Å². The van der Waals surface area contributed by atoms with Gasteiger partial charge in [0.25, 0.3) is 5.91 Å². The zero-order chi connectivity index (χ0) is 14.8. The average molecular weight is 280 g/mol. The molecule has 0 spiro atoms. The minimum Gasteiger partial charge on any atom is -0.323 e. The predicted octanol–water partition coefficient (Wildman–Crippen LogP) is 2.85. The Kier molecular flexibility index (Phi) is 3.44. The number of carbonyl (C=O) groups excluding carboxylic acids is 2. The second kappa shape index (κ2) is 5.40. The highest BCUT2D eigenvalue weighted by atomic mass is 16.2. The van der Waals surface area contributed by atoms with Gasteiger partial charge in [-0.05, 0) is 36.2 Å². The number of nitrogens with one attached hydrogen (secondary N) is 1. The summed E-state index contributed by atoms with van der Waals surface area (Å²) >= 11 is 0. The van der Waals surface area contributed by atoms with Crippen molar-refractivity contribution in [3.8, 4) is 0 Å². The molecule has 0 saturated heterocycles. The van der Waals surface area contributed by atoms with Crippen molar-refractivity contribution in [1.82, 2.24) is 0 Å². The van der Waals surface area contributed by atoms with E-state index in [1.165, 1.54) is 10.5 Å². The smallest absolute Gasteiger partial charge is 0.258 e. The molecule has 106 valence electrons. The van der Waals surface area contributed by atoms with Crippen molar-refractivity contribution in [2.75, 3.05) is 16.8 Å². The van der Waals surface area contributed by atoms with Gasteiger partial charge in [0.2, 0.25) is 5.91 Å². The number of fused-ring (bicyclic) bond motifs is 1. The van der Waals surface area contributed by atoms with E-state index in [2.05, 4.69) is 12.2 Å². The van der Waals surface area contributed by atoms with Crippen LogP contribution < -0.4 is 10.2 Å². The van der Waals surface area contributed by atoms with E-state index < -0.39 is 0 Å². The molecule has 3 rings (SSSR count). The molecule has 0 unspecified atom stereocenters. The van der Waals surface area contributed by atoms with Crippen LogP contribution in [0.3, 0.4) is 0 Å². The Hall–Kier alpha value is -2.62. The lowest BCUT2D eigenvalue weighted by Crippen LogP contribution is -2.42. The number of benzene rings is 2. The molecule has 0 saturated carbocycles. The van der Waals surface area contributed by atoms with E-state index in [0.717, 1.165) is 12.1 Å². The maximum absolute atomic E-state index is 12.7. The van der Waals surface area contributed by atoms with Crippen LogP contribution in [-0.2, 0) is 11.2 Å². The fraction of sp³-hybridized carbons (Fsp3) is 0.176. The Morgan fingerprint density at radius 1 is 1.14 bits per heavy atom. The standard InChI is InChI=1S/C17H16N2O2/c1-2-12-7-9-13(10-8-12)17(21)19-11-16(20)18-14-5-3-4-6-15(14)19/h3-10H,2,11H2,1H3,(H,18,20). The van der Waals surface area contributed by atoms with Gasteiger partial charge in [0.1, 0.15) is 6.54 Å². The fourth-order valence-electron chi connectivity index (χ4n) is 2.45. The molecule has 21 heavy (non-hydrogen) atoms. The van der Waals surface area contributed by atoms with E-state index in [1.807, 2.05) is 42.5 Å². The van der Waals surface area contributed by atoms with Crippen LogP contribution >= 0.6 is 0 Å². The molecule has 1 heterocycles. The molecule has 0 fully saturated rings. The van der Waals surface area contributed by atoms with Gasteiger partial charge >= 0.3 is 0 Å². The third-order valence-electron chi connectivity index (χ3n) is 3.62. The molecule has 4 heteroatoms. The second-order valence-electron chi connectivity index (χ2n) is 5.01. The largest absolute Gasteiger partial charge is 0.323 e. The minimum absolute atomic E-state index is 0.0470. The molecule has 0 aromatic heterocycles. The molecule has 1 N–H and O–H groups in total. The van der Waals surface area contributed by atoms with E-state index in [1.54, 1.807) is 6.07 Å². The van der Waals surface area contributed by atoms with Crippen LogP contribution in [0.15, 0.2) is 48.5 Å². The first-order valence-electron chi connectivity index (χ1n) is 6.98. The van der Waals surface area contributed by atoms with Crippen LogP contribution in [0.2, 0.25) is 0 Å². The highest BCUT2D eigenvalue weighted by Crippen LogP contribution is 2.30. The average Bonchev–Trinajstić information content (AvgIpc) is 2.53. The first kappa shape index (κ1) is 13.4. The molecule has 0 radical (unpaired) electrons. The zero-order valence-corrected chi connectivity index (χ0v) is 11.8. The number of hydrogen-bond donors (Lipinski definition) is 1. The third-order valence-corrected chi connectivity index (χ3v) is 3.62. The topological polar surface area (TPSA) is 49.4 Å². The Morgan fingerprint density at radius 3 is 2.57 bits per heavy atom. The Labute approximate surface area is 123 Å². The number of anilines is 2. The van der Waals surface area contributed by atoms with Crippen LogP contribution in [0.5, 0.6) is 0 Å². The summed E-state index contributed by atoms with van der Waals surface area (Å²) < 4.78 is 0. The number of carbonyl (C=O) groups is 2. The Morgan fingerprint density at radius 2 is 1.86 bits per heavy atom. The number of nitrogens with zero attached hydrogens (tertiary/aromatic N) is 1. The van der Waals surface area contributed by atoms with Gasteiger partial charge in [-0.15, -0.1) is 0 Å². The van der Waals surface area contributed by atoms with Crippen LogP contribution in [0.4, 0.5) is 11.4 Å². The molecular formula is C17H16N2O2. The van der Waals surface area contributed by atoms with Crippen LogP contribution in [0.1, 0.15) is 22.8 Å². The summed E-state index contributed by atoms with van der Waals surface area (Å²) in [6.07, 6.45) is 0.934. The fourth-order valence-corrected chi connectivity index (χ4v) is 2.45. The Bertz CT molecular complexity index is 692. The lowest BCUT2D eigenvalue weighted by atomic mass is 10.1. The summed E-state index contributed by atoms with van der Waals surface area (Å²) in [5.74, 6) is -0.327. The van der Waals surface area contributed by atoms with Gasteiger partial charge in [0.05, 0.1) is 11.4 Å². The van der Waals surface area contributed by atoms with Crippen LogP contribution in [-0.4, -0.2) is 18.4 Å². The SMILES string of the molecule is CCc1ccc(C(=O)N2CC(=O)Nc3ccccc32)cc1. The highest BCUT2D eigenvalue weighted by molar-refractivity contribution is 6.15. The maximum atomic E-state index is 12.7. The van der Waals surface area contributed by atoms with Crippen molar-refractivity contribution in [1.29, 1.82) is 0 Å². The van der Waals surface area contributed by atoms with Crippen molar-refractivity contribution in [3.63, 3.8) is 0 Å². The van der Waals surface area contributed by atoms with Crippen LogP contribution in [0.25, 0.3) is 0 Å². The molecule has 2 amide bonds. The van der Waals surface area contributed by atoms with Gasteiger partial charge in [0.15, 0.2) is 0 Å². The second-order valence-corrected chi connectivity index (χ2v) is 5.01. The van der Waals surface area contributed by atoms with E-state index in [0.29, 0.717) is 11.3 Å². The first-order valence-corrected chi connectivity index (χ1v) is 6.98. The van der Waals surface area contributed by atoms with E-state index in [4.69, 9.17) is 0 Å². The van der Waals surface area contributed by atoms with E-state index in [-0.39, 0.29) is 18.4 Å². The quantitative estimate of drug-likeness (QED) is 0.919.